The van der Waals surface area contributed by atoms with Gasteiger partial charge in [-0.15, -0.1) is 0 Å². The minimum Gasteiger partial charge on any atom is -0.478 e. The highest BCUT2D eigenvalue weighted by atomic mass is 16.5. The van der Waals surface area contributed by atoms with Gasteiger partial charge in [0.25, 0.3) is 0 Å². The Morgan fingerprint density at radius 2 is 1.63 bits per heavy atom. The molecule has 0 heterocycles. The number of carbonyl (C=O) groups is 2. The first-order valence-corrected chi connectivity index (χ1v) is 5.86. The molecule has 1 atom stereocenters. The van der Waals surface area contributed by atoms with Crippen LogP contribution in [0.25, 0.3) is 0 Å². The SMILES string of the molecule is C=C(C(=O)OC)C(C)NC(C)(C)C.C=C(C)C(=O)O. The topological polar surface area (TPSA) is 75.6 Å². The Kier molecular flexibility index (Phi) is 8.79. The van der Waals surface area contributed by atoms with E-state index in [1.54, 1.807) is 0 Å². The average molecular weight is 271 g/mol. The van der Waals surface area contributed by atoms with Crippen molar-refractivity contribution in [2.45, 2.75) is 46.2 Å². The van der Waals surface area contributed by atoms with Crippen molar-refractivity contribution in [2.75, 3.05) is 7.11 Å². The normalized spacial score (nSPS) is 11.7. The zero-order chi connectivity index (χ0) is 15.8. The van der Waals surface area contributed by atoms with Crippen molar-refractivity contribution in [3.8, 4) is 0 Å². The molecule has 110 valence electrons. The van der Waals surface area contributed by atoms with Crippen molar-refractivity contribution in [3.63, 3.8) is 0 Å². The predicted molar refractivity (Wildman–Crippen MR) is 76.0 cm³/mol. The second kappa shape index (κ2) is 8.48. The number of rotatable bonds is 4. The lowest BCUT2D eigenvalue weighted by atomic mass is 10.0. The third-order valence-electron chi connectivity index (χ3n) is 1.98. The number of methoxy groups -OCH3 is 1. The van der Waals surface area contributed by atoms with Crippen LogP contribution in [0.15, 0.2) is 24.3 Å². The first-order valence-electron chi connectivity index (χ1n) is 5.86. The number of aliphatic carboxylic acids is 1. The van der Waals surface area contributed by atoms with Crippen LogP contribution in [-0.4, -0.2) is 35.7 Å². The monoisotopic (exact) mass is 271 g/mol. The smallest absolute Gasteiger partial charge is 0.334 e. The van der Waals surface area contributed by atoms with E-state index in [9.17, 15) is 9.59 Å². The Balaban J connectivity index is 0. The summed E-state index contributed by atoms with van der Waals surface area (Å²) in [5, 5.41) is 11.1. The molecule has 0 aromatic rings. The summed E-state index contributed by atoms with van der Waals surface area (Å²) in [5.41, 5.74) is 0.601. The second-order valence-corrected chi connectivity index (χ2v) is 5.22. The number of carbonyl (C=O) groups excluding carboxylic acids is 1. The van der Waals surface area contributed by atoms with Crippen LogP contribution >= 0.6 is 0 Å². The van der Waals surface area contributed by atoms with E-state index in [4.69, 9.17) is 5.11 Å². The molecule has 0 spiro atoms. The van der Waals surface area contributed by atoms with E-state index in [2.05, 4.69) is 23.2 Å². The predicted octanol–water partition coefficient (Wildman–Crippen LogP) is 2.14. The quantitative estimate of drug-likeness (QED) is 0.605. The van der Waals surface area contributed by atoms with Gasteiger partial charge in [-0.25, -0.2) is 9.59 Å². The molecule has 0 radical (unpaired) electrons. The van der Waals surface area contributed by atoms with Gasteiger partial charge in [0.15, 0.2) is 0 Å². The molecule has 0 aromatic carbocycles. The zero-order valence-corrected chi connectivity index (χ0v) is 12.7. The van der Waals surface area contributed by atoms with E-state index in [0.29, 0.717) is 5.57 Å². The van der Waals surface area contributed by atoms with Gasteiger partial charge in [-0.3, -0.25) is 0 Å². The van der Waals surface area contributed by atoms with E-state index in [1.165, 1.54) is 14.0 Å². The third kappa shape index (κ3) is 11.2. The Labute approximate surface area is 115 Å². The van der Waals surface area contributed by atoms with Gasteiger partial charge in [0.2, 0.25) is 0 Å². The summed E-state index contributed by atoms with van der Waals surface area (Å²) in [5.74, 6) is -1.29. The Morgan fingerprint density at radius 3 is 1.84 bits per heavy atom. The number of nitrogens with one attached hydrogen (secondary N) is 1. The summed E-state index contributed by atoms with van der Waals surface area (Å²) in [6, 6.07) is -0.0625. The summed E-state index contributed by atoms with van der Waals surface area (Å²) in [6.07, 6.45) is 0. The lowest BCUT2D eigenvalue weighted by Gasteiger charge is -2.26. The van der Waals surface area contributed by atoms with Crippen molar-refractivity contribution < 1.29 is 19.4 Å². The maximum atomic E-state index is 11.1. The number of esters is 1. The molecule has 0 aliphatic carbocycles. The molecule has 0 aliphatic heterocycles. The first kappa shape index (κ1) is 19.7. The van der Waals surface area contributed by atoms with Crippen molar-refractivity contribution in [1.29, 1.82) is 0 Å². The molecular formula is C14H25NO4. The van der Waals surface area contributed by atoms with Gasteiger partial charge in [0.05, 0.1) is 7.11 Å². The van der Waals surface area contributed by atoms with Crippen molar-refractivity contribution in [1.82, 2.24) is 5.32 Å². The molecule has 5 nitrogen and oxygen atoms in total. The molecule has 0 aliphatic rings. The molecular weight excluding hydrogens is 246 g/mol. The van der Waals surface area contributed by atoms with Crippen molar-refractivity contribution >= 4 is 11.9 Å². The summed E-state index contributed by atoms with van der Waals surface area (Å²) in [7, 11) is 1.36. The summed E-state index contributed by atoms with van der Waals surface area (Å²) in [6.45, 7) is 16.3. The fourth-order valence-corrected chi connectivity index (χ4v) is 1.04. The van der Waals surface area contributed by atoms with Crippen LogP contribution in [0.4, 0.5) is 0 Å². The van der Waals surface area contributed by atoms with Gasteiger partial charge >= 0.3 is 11.9 Å². The highest BCUT2D eigenvalue weighted by Gasteiger charge is 2.19. The molecule has 0 fully saturated rings. The number of ether oxygens (including phenoxy) is 1. The minimum atomic E-state index is -0.935. The van der Waals surface area contributed by atoms with E-state index < -0.39 is 5.97 Å². The van der Waals surface area contributed by atoms with Gasteiger partial charge in [0.1, 0.15) is 0 Å². The molecule has 5 heteroatoms. The summed E-state index contributed by atoms with van der Waals surface area (Å²) < 4.78 is 4.57. The standard InChI is InChI=1S/C10H19NO2.C4H6O2/c1-7(9(12)13-6)8(2)11-10(3,4)5;1-3(2)4(5)6/h8,11H,1H2,2-6H3;1H2,2H3,(H,5,6). The van der Waals surface area contributed by atoms with Crippen LogP contribution in [0.2, 0.25) is 0 Å². The maximum Gasteiger partial charge on any atom is 0.334 e. The molecule has 2 N–H and O–H groups in total. The average Bonchev–Trinajstić information content (AvgIpc) is 2.25. The Bertz CT molecular complexity index is 341. The van der Waals surface area contributed by atoms with Crippen LogP contribution in [0.3, 0.4) is 0 Å². The minimum absolute atomic E-state index is 0.0314. The molecule has 0 aromatic heterocycles. The second-order valence-electron chi connectivity index (χ2n) is 5.22. The zero-order valence-electron chi connectivity index (χ0n) is 12.7. The van der Waals surface area contributed by atoms with E-state index in [-0.39, 0.29) is 23.1 Å². The number of carboxylic acids is 1. The highest BCUT2D eigenvalue weighted by Crippen LogP contribution is 2.07. The Hall–Kier alpha value is -1.62. The van der Waals surface area contributed by atoms with Crippen LogP contribution in [0.5, 0.6) is 0 Å². The van der Waals surface area contributed by atoms with Gasteiger partial charge in [-0.2, -0.15) is 0 Å². The van der Waals surface area contributed by atoms with E-state index in [0.717, 1.165) is 0 Å². The molecule has 0 saturated carbocycles. The number of hydrogen-bond acceptors (Lipinski definition) is 4. The molecule has 1 unspecified atom stereocenters. The maximum absolute atomic E-state index is 11.1. The third-order valence-corrected chi connectivity index (χ3v) is 1.98. The van der Waals surface area contributed by atoms with Crippen LogP contribution in [-0.2, 0) is 14.3 Å². The van der Waals surface area contributed by atoms with E-state index in [1.807, 2.05) is 27.7 Å². The molecule has 0 bridgehead atoms. The van der Waals surface area contributed by atoms with Crippen LogP contribution in [0.1, 0.15) is 34.6 Å². The van der Waals surface area contributed by atoms with Crippen molar-refractivity contribution in [3.05, 3.63) is 24.3 Å². The van der Waals surface area contributed by atoms with Crippen LogP contribution < -0.4 is 5.32 Å². The lowest BCUT2D eigenvalue weighted by Crippen LogP contribution is -2.44. The molecule has 19 heavy (non-hydrogen) atoms. The van der Waals surface area contributed by atoms with Gasteiger partial charge in [0, 0.05) is 22.7 Å². The number of hydrogen-bond donors (Lipinski definition) is 2. The Morgan fingerprint density at radius 1 is 1.26 bits per heavy atom. The fourth-order valence-electron chi connectivity index (χ4n) is 1.04. The van der Waals surface area contributed by atoms with Gasteiger partial charge in [-0.05, 0) is 34.6 Å². The van der Waals surface area contributed by atoms with Crippen molar-refractivity contribution in [2.24, 2.45) is 0 Å². The number of carboxylic acid groups (broad SMARTS) is 1. The van der Waals surface area contributed by atoms with Gasteiger partial charge in [-0.1, -0.05) is 13.2 Å². The first-order chi connectivity index (χ1) is 8.42. The summed E-state index contributed by atoms with van der Waals surface area (Å²) >= 11 is 0. The molecule has 0 amide bonds. The lowest BCUT2D eigenvalue weighted by molar-refractivity contribution is -0.136. The summed E-state index contributed by atoms with van der Waals surface area (Å²) in [4.78, 5) is 20.7. The fraction of sp³-hybridized carbons (Fsp3) is 0.571. The van der Waals surface area contributed by atoms with Gasteiger partial charge < -0.3 is 15.2 Å². The largest absolute Gasteiger partial charge is 0.478 e. The van der Waals surface area contributed by atoms with Crippen LogP contribution in [0, 0.1) is 0 Å². The molecule has 0 saturated heterocycles. The molecule has 0 rings (SSSR count). The highest BCUT2D eigenvalue weighted by molar-refractivity contribution is 5.88. The van der Waals surface area contributed by atoms with E-state index >= 15 is 0 Å².